The van der Waals surface area contributed by atoms with Crippen LogP contribution in [0.3, 0.4) is 0 Å². The highest BCUT2D eigenvalue weighted by atomic mass is 16.4. The zero-order valence-corrected chi connectivity index (χ0v) is 11.3. The van der Waals surface area contributed by atoms with Crippen molar-refractivity contribution in [2.24, 2.45) is 5.92 Å². The Labute approximate surface area is 117 Å². The number of carboxylic acid groups (broad SMARTS) is 1. The quantitative estimate of drug-likeness (QED) is 0.895. The van der Waals surface area contributed by atoms with Crippen LogP contribution < -0.4 is 5.32 Å². The van der Waals surface area contributed by atoms with E-state index in [9.17, 15) is 4.79 Å². The van der Waals surface area contributed by atoms with Crippen LogP contribution in [0, 0.1) is 12.8 Å². The fraction of sp³-hybridized carbons (Fsp3) is 0.333. The van der Waals surface area contributed by atoms with E-state index in [1.807, 2.05) is 29.8 Å². The van der Waals surface area contributed by atoms with Gasteiger partial charge < -0.3 is 15.0 Å². The number of nitrogens with one attached hydrogen (secondary N) is 1. The molecule has 1 aromatic heterocycles. The van der Waals surface area contributed by atoms with Gasteiger partial charge in [-0.25, -0.2) is 4.98 Å². The Morgan fingerprint density at radius 3 is 2.70 bits per heavy atom. The van der Waals surface area contributed by atoms with Crippen LogP contribution >= 0.6 is 0 Å². The lowest BCUT2D eigenvalue weighted by Gasteiger charge is -2.12. The fourth-order valence-electron chi connectivity index (χ4n) is 2.70. The maximum atomic E-state index is 11.0. The Morgan fingerprint density at radius 2 is 2.15 bits per heavy atom. The standard InChI is InChI=1S/C15H17N3O2/c1-10-16-6-7-18(10)13-4-2-11(3-5-13)14-8-12(9-17-14)15(19)20/h2-7,12,14,17H,8-9H2,1H3,(H,19,20). The minimum Gasteiger partial charge on any atom is -0.481 e. The molecule has 0 saturated carbocycles. The normalized spacial score (nSPS) is 22.1. The van der Waals surface area contributed by atoms with Crippen molar-refractivity contribution in [2.75, 3.05) is 6.54 Å². The first kappa shape index (κ1) is 12.9. The summed E-state index contributed by atoms with van der Waals surface area (Å²) in [4.78, 5) is 15.2. The van der Waals surface area contributed by atoms with E-state index in [0.717, 1.165) is 17.1 Å². The number of aliphatic carboxylic acids is 1. The molecule has 5 nitrogen and oxygen atoms in total. The molecule has 1 saturated heterocycles. The van der Waals surface area contributed by atoms with Gasteiger partial charge in [0, 0.05) is 30.7 Å². The maximum Gasteiger partial charge on any atom is 0.307 e. The van der Waals surface area contributed by atoms with Gasteiger partial charge in [0.25, 0.3) is 0 Å². The van der Waals surface area contributed by atoms with E-state index in [1.54, 1.807) is 6.20 Å². The number of nitrogens with zero attached hydrogens (tertiary/aromatic N) is 2. The molecule has 0 spiro atoms. The van der Waals surface area contributed by atoms with Gasteiger partial charge >= 0.3 is 5.97 Å². The molecule has 0 aliphatic carbocycles. The fourth-order valence-corrected chi connectivity index (χ4v) is 2.70. The van der Waals surface area contributed by atoms with Crippen LogP contribution in [-0.2, 0) is 4.79 Å². The molecule has 1 aliphatic heterocycles. The molecular formula is C15H17N3O2. The van der Waals surface area contributed by atoms with Gasteiger partial charge in [0.15, 0.2) is 0 Å². The average Bonchev–Trinajstić information content (AvgIpc) is 3.07. The minimum absolute atomic E-state index is 0.133. The van der Waals surface area contributed by atoms with Gasteiger partial charge in [-0.3, -0.25) is 4.79 Å². The predicted octanol–water partition coefficient (Wildman–Crippen LogP) is 1.92. The van der Waals surface area contributed by atoms with Crippen molar-refractivity contribution in [3.05, 3.63) is 48.0 Å². The van der Waals surface area contributed by atoms with Gasteiger partial charge in [0.1, 0.15) is 5.82 Å². The Bertz CT molecular complexity index is 618. The Morgan fingerprint density at radius 1 is 1.40 bits per heavy atom. The van der Waals surface area contributed by atoms with Gasteiger partial charge in [-0.05, 0) is 31.0 Å². The summed E-state index contributed by atoms with van der Waals surface area (Å²) in [5, 5.41) is 12.3. The van der Waals surface area contributed by atoms with E-state index in [4.69, 9.17) is 5.11 Å². The molecule has 0 bridgehead atoms. The van der Waals surface area contributed by atoms with Crippen LogP contribution in [-0.4, -0.2) is 27.2 Å². The van der Waals surface area contributed by atoms with Gasteiger partial charge in [-0.1, -0.05) is 12.1 Å². The zero-order chi connectivity index (χ0) is 14.1. The molecule has 0 amide bonds. The monoisotopic (exact) mass is 271 g/mol. The van der Waals surface area contributed by atoms with Crippen molar-refractivity contribution in [1.29, 1.82) is 0 Å². The highest BCUT2D eigenvalue weighted by Gasteiger charge is 2.29. The van der Waals surface area contributed by atoms with Gasteiger partial charge in [0.2, 0.25) is 0 Å². The number of benzene rings is 1. The van der Waals surface area contributed by atoms with Crippen LogP contribution in [0.4, 0.5) is 0 Å². The van der Waals surface area contributed by atoms with Crippen molar-refractivity contribution in [3.8, 4) is 5.69 Å². The van der Waals surface area contributed by atoms with Crippen LogP contribution in [0.15, 0.2) is 36.7 Å². The molecule has 1 fully saturated rings. The predicted molar refractivity (Wildman–Crippen MR) is 74.8 cm³/mol. The molecule has 5 heteroatoms. The van der Waals surface area contributed by atoms with E-state index < -0.39 is 5.97 Å². The Balaban J connectivity index is 1.77. The lowest BCUT2D eigenvalue weighted by molar-refractivity contribution is -0.141. The maximum absolute atomic E-state index is 11.0. The first-order valence-corrected chi connectivity index (χ1v) is 6.71. The summed E-state index contributed by atoms with van der Waals surface area (Å²) in [6, 6.07) is 8.32. The molecule has 104 valence electrons. The molecule has 20 heavy (non-hydrogen) atoms. The lowest BCUT2D eigenvalue weighted by atomic mass is 10.00. The SMILES string of the molecule is Cc1nccn1-c1ccc(C2CC(C(=O)O)CN2)cc1. The summed E-state index contributed by atoms with van der Waals surface area (Å²) in [6.07, 6.45) is 4.36. The van der Waals surface area contributed by atoms with E-state index in [1.165, 1.54) is 0 Å². The molecule has 2 aromatic rings. The smallest absolute Gasteiger partial charge is 0.307 e. The molecule has 0 radical (unpaired) electrons. The van der Waals surface area contributed by atoms with E-state index in [2.05, 4.69) is 22.4 Å². The van der Waals surface area contributed by atoms with Crippen LogP contribution in [0.25, 0.3) is 5.69 Å². The third kappa shape index (κ3) is 2.32. The van der Waals surface area contributed by atoms with Crippen LogP contribution in [0.2, 0.25) is 0 Å². The molecule has 1 aliphatic rings. The summed E-state index contributed by atoms with van der Waals surface area (Å²) in [7, 11) is 0. The molecule has 2 atom stereocenters. The Kier molecular flexibility index (Phi) is 3.28. The lowest BCUT2D eigenvalue weighted by Crippen LogP contribution is -2.17. The van der Waals surface area contributed by atoms with Crippen molar-refractivity contribution in [1.82, 2.24) is 14.9 Å². The van der Waals surface area contributed by atoms with E-state index >= 15 is 0 Å². The molecular weight excluding hydrogens is 254 g/mol. The topological polar surface area (TPSA) is 67.2 Å². The molecule has 2 heterocycles. The molecule has 1 aromatic carbocycles. The van der Waals surface area contributed by atoms with Crippen LogP contribution in [0.1, 0.15) is 23.9 Å². The Hall–Kier alpha value is -2.14. The summed E-state index contributed by atoms with van der Waals surface area (Å²) in [5.41, 5.74) is 2.20. The number of rotatable bonds is 3. The number of carbonyl (C=O) groups is 1. The third-order valence-electron chi connectivity index (χ3n) is 3.88. The minimum atomic E-state index is -0.717. The van der Waals surface area contributed by atoms with E-state index in [0.29, 0.717) is 13.0 Å². The first-order chi connectivity index (χ1) is 9.65. The van der Waals surface area contributed by atoms with Gasteiger partial charge in [-0.15, -0.1) is 0 Å². The summed E-state index contributed by atoms with van der Waals surface area (Å²) in [5.74, 6) is -0.0519. The average molecular weight is 271 g/mol. The summed E-state index contributed by atoms with van der Waals surface area (Å²) >= 11 is 0. The van der Waals surface area contributed by atoms with Gasteiger partial charge in [0.05, 0.1) is 5.92 Å². The number of imidazole rings is 1. The van der Waals surface area contributed by atoms with Crippen molar-refractivity contribution in [3.63, 3.8) is 0 Å². The second-order valence-electron chi connectivity index (χ2n) is 5.17. The zero-order valence-electron chi connectivity index (χ0n) is 11.3. The number of hydrogen-bond acceptors (Lipinski definition) is 3. The van der Waals surface area contributed by atoms with Crippen molar-refractivity contribution < 1.29 is 9.90 Å². The molecule has 2 unspecified atom stereocenters. The third-order valence-corrected chi connectivity index (χ3v) is 3.88. The number of aromatic nitrogens is 2. The number of carboxylic acids is 1. The second-order valence-corrected chi connectivity index (χ2v) is 5.17. The first-order valence-electron chi connectivity index (χ1n) is 6.71. The van der Waals surface area contributed by atoms with Crippen molar-refractivity contribution in [2.45, 2.75) is 19.4 Å². The molecule has 3 rings (SSSR count). The largest absolute Gasteiger partial charge is 0.481 e. The number of aryl methyl sites for hydroxylation is 1. The molecule has 2 N–H and O–H groups in total. The number of hydrogen-bond donors (Lipinski definition) is 2. The van der Waals surface area contributed by atoms with Crippen molar-refractivity contribution >= 4 is 5.97 Å². The summed E-state index contributed by atoms with van der Waals surface area (Å²) < 4.78 is 2.02. The highest BCUT2D eigenvalue weighted by Crippen LogP contribution is 2.27. The van der Waals surface area contributed by atoms with Crippen LogP contribution in [0.5, 0.6) is 0 Å². The second kappa shape index (κ2) is 5.09. The highest BCUT2D eigenvalue weighted by molar-refractivity contribution is 5.70. The van der Waals surface area contributed by atoms with Gasteiger partial charge in [-0.2, -0.15) is 0 Å². The van der Waals surface area contributed by atoms with E-state index in [-0.39, 0.29) is 12.0 Å². The summed E-state index contributed by atoms with van der Waals surface area (Å²) in [6.45, 7) is 2.51.